The predicted octanol–water partition coefficient (Wildman–Crippen LogP) is 4.56. The number of rotatable bonds is 6. The van der Waals surface area contributed by atoms with Crippen molar-refractivity contribution in [2.45, 2.75) is 6.92 Å². The molecule has 0 amide bonds. The highest BCUT2D eigenvalue weighted by atomic mass is 33.1. The third-order valence-electron chi connectivity index (χ3n) is 2.83. The summed E-state index contributed by atoms with van der Waals surface area (Å²) in [5, 5.41) is 1.11. The molecule has 1 atom stereocenters. The second-order valence-electron chi connectivity index (χ2n) is 4.53. The van der Waals surface area contributed by atoms with E-state index in [2.05, 4.69) is 18.2 Å². The van der Waals surface area contributed by atoms with Crippen LogP contribution in [0.4, 0.5) is 0 Å². The molecular formula is C16H15O3PS2. The van der Waals surface area contributed by atoms with E-state index in [0.717, 1.165) is 27.5 Å². The molecule has 6 heteroatoms. The SMILES string of the molecule is C=C(C)C(=O)Oc1ccc(-c2ccc(POSS)cc2)cc1. The maximum absolute atomic E-state index is 11.5. The summed E-state index contributed by atoms with van der Waals surface area (Å²) in [4.78, 5) is 11.5. The number of carbonyl (C=O) groups excluding carboxylic acids is 1. The molecule has 0 N–H and O–H groups in total. The molecule has 0 saturated carbocycles. The minimum absolute atomic E-state index is 0.272. The van der Waals surface area contributed by atoms with Gasteiger partial charge in [0.25, 0.3) is 0 Å². The molecule has 22 heavy (non-hydrogen) atoms. The quantitative estimate of drug-likeness (QED) is 0.158. The van der Waals surface area contributed by atoms with E-state index < -0.39 is 5.97 Å². The van der Waals surface area contributed by atoms with Crippen LogP contribution in [0.2, 0.25) is 0 Å². The summed E-state index contributed by atoms with van der Waals surface area (Å²) < 4.78 is 10.4. The van der Waals surface area contributed by atoms with Gasteiger partial charge < -0.3 is 4.74 Å². The Hall–Kier alpha value is -1.26. The molecule has 2 rings (SSSR count). The number of thiol groups is 1. The van der Waals surface area contributed by atoms with E-state index in [1.54, 1.807) is 19.1 Å². The summed E-state index contributed by atoms with van der Waals surface area (Å²) in [6.07, 6.45) is 0. The summed E-state index contributed by atoms with van der Waals surface area (Å²) in [6, 6.07) is 15.5. The Morgan fingerprint density at radius 3 is 2.14 bits per heavy atom. The molecular weight excluding hydrogens is 335 g/mol. The standard InChI is InChI=1S/C16H15O3PS2/c1-11(2)16(17)18-14-7-3-12(4-8-14)13-5-9-15(10-6-13)20-19-22-21/h3-10,20-21H,1H2,2H3. The van der Waals surface area contributed by atoms with Crippen LogP contribution in [-0.2, 0) is 8.76 Å². The van der Waals surface area contributed by atoms with E-state index in [0.29, 0.717) is 11.3 Å². The maximum atomic E-state index is 11.5. The zero-order valence-corrected chi connectivity index (χ0v) is 14.6. The monoisotopic (exact) mass is 350 g/mol. The minimum atomic E-state index is -0.417. The molecule has 0 aliphatic carbocycles. The van der Waals surface area contributed by atoms with Crippen LogP contribution in [0, 0.1) is 0 Å². The zero-order chi connectivity index (χ0) is 15.9. The maximum Gasteiger partial charge on any atom is 0.338 e. The van der Waals surface area contributed by atoms with Crippen molar-refractivity contribution >= 4 is 42.8 Å². The van der Waals surface area contributed by atoms with Crippen LogP contribution in [0.15, 0.2) is 60.7 Å². The van der Waals surface area contributed by atoms with Gasteiger partial charge >= 0.3 is 5.97 Å². The Labute approximate surface area is 141 Å². The van der Waals surface area contributed by atoms with E-state index in [1.165, 1.54) is 0 Å². The number of carbonyl (C=O) groups is 1. The molecule has 0 aromatic heterocycles. The predicted molar refractivity (Wildman–Crippen MR) is 97.9 cm³/mol. The van der Waals surface area contributed by atoms with Crippen molar-refractivity contribution in [2.24, 2.45) is 0 Å². The van der Waals surface area contributed by atoms with Crippen molar-refractivity contribution in [3.63, 3.8) is 0 Å². The van der Waals surface area contributed by atoms with Crippen molar-refractivity contribution in [2.75, 3.05) is 0 Å². The van der Waals surface area contributed by atoms with Gasteiger partial charge in [0.2, 0.25) is 0 Å². The second kappa shape index (κ2) is 8.39. The fourth-order valence-electron chi connectivity index (χ4n) is 1.71. The van der Waals surface area contributed by atoms with Crippen LogP contribution in [-0.4, -0.2) is 5.97 Å². The van der Waals surface area contributed by atoms with Crippen LogP contribution in [0.1, 0.15) is 6.92 Å². The van der Waals surface area contributed by atoms with Crippen LogP contribution in [0.3, 0.4) is 0 Å². The Kier molecular flexibility index (Phi) is 6.52. The Balaban J connectivity index is 2.06. The van der Waals surface area contributed by atoms with Gasteiger partial charge in [0, 0.05) is 10.9 Å². The molecule has 0 spiro atoms. The smallest absolute Gasteiger partial charge is 0.338 e. The highest BCUT2D eigenvalue weighted by molar-refractivity contribution is 8.67. The van der Waals surface area contributed by atoms with Crippen LogP contribution in [0.5, 0.6) is 5.75 Å². The lowest BCUT2D eigenvalue weighted by Gasteiger charge is -2.06. The highest BCUT2D eigenvalue weighted by Gasteiger charge is 2.05. The molecule has 0 aliphatic rings. The van der Waals surface area contributed by atoms with E-state index >= 15 is 0 Å². The average Bonchev–Trinajstić information content (AvgIpc) is 2.54. The summed E-state index contributed by atoms with van der Waals surface area (Å²) >= 11 is 5.00. The zero-order valence-electron chi connectivity index (χ0n) is 11.9. The normalized spacial score (nSPS) is 10.8. The van der Waals surface area contributed by atoms with Crippen molar-refractivity contribution < 1.29 is 13.5 Å². The molecule has 3 nitrogen and oxygen atoms in total. The summed E-state index contributed by atoms with van der Waals surface area (Å²) in [6.45, 7) is 5.18. The van der Waals surface area contributed by atoms with Crippen molar-refractivity contribution in [3.8, 4) is 16.9 Å². The summed E-state index contributed by atoms with van der Waals surface area (Å²) in [5.74, 6) is 0.0919. The summed E-state index contributed by atoms with van der Waals surface area (Å²) in [7, 11) is 0.272. The molecule has 0 fully saturated rings. The third kappa shape index (κ3) is 4.89. The number of hydrogen-bond acceptors (Lipinski definition) is 5. The molecule has 0 bridgehead atoms. The van der Waals surface area contributed by atoms with Gasteiger partial charge in [-0.3, -0.25) is 3.97 Å². The molecule has 1 unspecified atom stereocenters. The fourth-order valence-corrected chi connectivity index (χ4v) is 2.88. The molecule has 114 valence electrons. The molecule has 0 aliphatic heterocycles. The molecule has 2 aromatic carbocycles. The first-order chi connectivity index (χ1) is 10.6. The first-order valence-electron chi connectivity index (χ1n) is 6.41. The van der Waals surface area contributed by atoms with Crippen molar-refractivity contribution in [3.05, 3.63) is 60.7 Å². The van der Waals surface area contributed by atoms with Crippen LogP contribution in [0.25, 0.3) is 11.1 Å². The van der Waals surface area contributed by atoms with Gasteiger partial charge in [-0.25, -0.2) is 4.79 Å². The van der Waals surface area contributed by atoms with Gasteiger partial charge in [0.05, 0.1) is 19.9 Å². The Bertz CT molecular complexity index is 654. The number of benzene rings is 2. The first kappa shape index (κ1) is 17.1. The van der Waals surface area contributed by atoms with Crippen molar-refractivity contribution in [1.29, 1.82) is 0 Å². The topological polar surface area (TPSA) is 35.5 Å². The van der Waals surface area contributed by atoms with Crippen LogP contribution >= 0.6 is 31.5 Å². The van der Waals surface area contributed by atoms with Gasteiger partial charge in [0.15, 0.2) is 0 Å². The number of ether oxygens (including phenoxy) is 1. The lowest BCUT2D eigenvalue weighted by molar-refractivity contribution is -0.130. The Morgan fingerprint density at radius 2 is 1.64 bits per heavy atom. The summed E-state index contributed by atoms with van der Waals surface area (Å²) in [5.41, 5.74) is 2.52. The third-order valence-corrected chi connectivity index (χ3v) is 4.70. The highest BCUT2D eigenvalue weighted by Crippen LogP contribution is 2.26. The van der Waals surface area contributed by atoms with Gasteiger partial charge in [0.1, 0.15) is 5.75 Å². The van der Waals surface area contributed by atoms with Gasteiger partial charge in [-0.1, -0.05) is 54.6 Å². The number of esters is 1. The number of hydrogen-bond donors (Lipinski definition) is 1. The van der Waals surface area contributed by atoms with Gasteiger partial charge in [-0.05, 0) is 30.2 Å². The lowest BCUT2D eigenvalue weighted by Crippen LogP contribution is -2.07. The molecule has 2 aromatic rings. The fraction of sp³-hybridized carbons (Fsp3) is 0.0625. The van der Waals surface area contributed by atoms with Crippen LogP contribution < -0.4 is 10.0 Å². The van der Waals surface area contributed by atoms with Gasteiger partial charge in [-0.15, -0.1) is 0 Å². The first-order valence-corrected chi connectivity index (χ1v) is 9.11. The molecule has 0 saturated heterocycles. The minimum Gasteiger partial charge on any atom is -0.423 e. The lowest BCUT2D eigenvalue weighted by atomic mass is 10.1. The largest absolute Gasteiger partial charge is 0.423 e. The average molecular weight is 350 g/mol. The van der Waals surface area contributed by atoms with E-state index in [1.807, 2.05) is 36.4 Å². The van der Waals surface area contributed by atoms with Gasteiger partial charge in [-0.2, -0.15) is 0 Å². The molecule has 0 radical (unpaired) electrons. The Morgan fingerprint density at radius 1 is 1.09 bits per heavy atom. The van der Waals surface area contributed by atoms with E-state index in [9.17, 15) is 4.79 Å². The van der Waals surface area contributed by atoms with Crippen molar-refractivity contribution in [1.82, 2.24) is 0 Å². The van der Waals surface area contributed by atoms with E-state index in [4.69, 9.17) is 8.71 Å². The second-order valence-corrected chi connectivity index (χ2v) is 6.58. The van der Waals surface area contributed by atoms with E-state index in [-0.39, 0.29) is 8.81 Å². The molecule has 0 heterocycles.